The molecule has 1 nitrogen and oxygen atoms in total. The van der Waals surface area contributed by atoms with Gasteiger partial charge in [-0.15, -0.1) is 0 Å². The molecule has 0 aliphatic carbocycles. The van der Waals surface area contributed by atoms with Crippen molar-refractivity contribution in [1.82, 2.24) is 0 Å². The molecule has 0 N–H and O–H groups in total. The molecule has 2 rings (SSSR count). The molecule has 0 fully saturated rings. The lowest BCUT2D eigenvalue weighted by molar-refractivity contribution is -0.667. The summed E-state index contributed by atoms with van der Waals surface area (Å²) < 4.78 is 3.74. The molecule has 0 aliphatic heterocycles. The van der Waals surface area contributed by atoms with Crippen molar-refractivity contribution in [1.29, 1.82) is 0 Å². The molecule has 0 spiro atoms. The van der Waals surface area contributed by atoms with E-state index in [0.29, 0.717) is 0 Å². The molecule has 1 heterocycles. The van der Waals surface area contributed by atoms with E-state index in [9.17, 15) is 0 Å². The maximum Gasteiger partial charge on any atom is 0.225 e. The summed E-state index contributed by atoms with van der Waals surface area (Å²) in [6.07, 6.45) is 2.53. The number of unbranched alkanes of at least 4 members (excludes halogenated alkanes) is 1. The summed E-state index contributed by atoms with van der Waals surface area (Å²) in [5.74, 6) is 0. The Balaban J connectivity index is 0.000000980. The van der Waals surface area contributed by atoms with Crippen molar-refractivity contribution in [2.45, 2.75) is 26.3 Å². The Bertz CT molecular complexity index is 397. The molecular formula is C11H14ClNS. The molecular weight excluding hydrogens is 214 g/mol. The number of hydrogen-bond acceptors (Lipinski definition) is 1. The van der Waals surface area contributed by atoms with Gasteiger partial charge >= 0.3 is 0 Å². The Morgan fingerprint density at radius 2 is 2.07 bits per heavy atom. The summed E-state index contributed by atoms with van der Waals surface area (Å²) in [4.78, 5) is 0. The molecule has 1 aromatic carbocycles. The molecule has 0 amide bonds. The van der Waals surface area contributed by atoms with Crippen LogP contribution < -0.4 is 17.0 Å². The Kier molecular flexibility index (Phi) is 4.36. The monoisotopic (exact) mass is 227 g/mol. The van der Waals surface area contributed by atoms with Crippen LogP contribution in [0.4, 0.5) is 0 Å². The van der Waals surface area contributed by atoms with E-state index in [1.807, 2.05) is 11.3 Å². The Labute approximate surface area is 94.8 Å². The van der Waals surface area contributed by atoms with Crippen molar-refractivity contribution in [2.24, 2.45) is 0 Å². The van der Waals surface area contributed by atoms with Gasteiger partial charge in [-0.25, -0.2) is 0 Å². The summed E-state index contributed by atoms with van der Waals surface area (Å²) in [6, 6.07) is 8.59. The number of para-hydroxylation sites is 1. The third-order valence-electron chi connectivity index (χ3n) is 2.23. The molecule has 0 atom stereocenters. The maximum atomic E-state index is 2.35. The summed E-state index contributed by atoms with van der Waals surface area (Å²) in [5.41, 5.74) is 3.60. The first-order valence-electron chi connectivity index (χ1n) is 4.77. The first-order chi connectivity index (χ1) is 6.42. The number of thiazole rings is 1. The number of fused-ring (bicyclic) bond motifs is 1. The van der Waals surface area contributed by atoms with Crippen LogP contribution in [0.2, 0.25) is 0 Å². The average molecular weight is 228 g/mol. The fourth-order valence-electron chi connectivity index (χ4n) is 1.47. The van der Waals surface area contributed by atoms with Gasteiger partial charge in [0.25, 0.3) is 0 Å². The van der Waals surface area contributed by atoms with Crippen LogP contribution in [0.1, 0.15) is 19.8 Å². The van der Waals surface area contributed by atoms with E-state index in [1.54, 1.807) is 0 Å². The third-order valence-corrected chi connectivity index (χ3v) is 3.19. The fraction of sp³-hybridized carbons (Fsp3) is 0.364. The van der Waals surface area contributed by atoms with Gasteiger partial charge in [-0.3, -0.25) is 0 Å². The molecule has 76 valence electrons. The minimum absolute atomic E-state index is 0. The standard InChI is InChI=1S/C11H14NS.ClH/c1-2-3-8-12-9-13-11-7-5-4-6-10(11)12;/h4-7,9H,2-3,8H2,1H3;1H/q+1;/p-1. The van der Waals surface area contributed by atoms with Crippen LogP contribution in [0.25, 0.3) is 10.2 Å². The highest BCUT2D eigenvalue weighted by Gasteiger charge is 2.08. The molecule has 0 aliphatic rings. The highest BCUT2D eigenvalue weighted by atomic mass is 35.5. The smallest absolute Gasteiger partial charge is 0.225 e. The third kappa shape index (κ3) is 2.25. The predicted molar refractivity (Wildman–Crippen MR) is 56.9 cm³/mol. The van der Waals surface area contributed by atoms with Gasteiger partial charge in [0.2, 0.25) is 11.0 Å². The molecule has 0 bridgehead atoms. The number of aryl methyl sites for hydroxylation is 1. The van der Waals surface area contributed by atoms with Gasteiger partial charge in [-0.2, -0.15) is 4.57 Å². The molecule has 1 aromatic heterocycles. The highest BCUT2D eigenvalue weighted by molar-refractivity contribution is 7.16. The molecule has 0 saturated carbocycles. The minimum atomic E-state index is 0. The number of aromatic nitrogens is 1. The van der Waals surface area contributed by atoms with Crippen molar-refractivity contribution in [3.05, 3.63) is 29.8 Å². The zero-order valence-electron chi connectivity index (χ0n) is 8.24. The second kappa shape index (κ2) is 5.32. The second-order valence-electron chi connectivity index (χ2n) is 3.24. The van der Waals surface area contributed by atoms with Gasteiger partial charge in [-0.1, -0.05) is 36.8 Å². The minimum Gasteiger partial charge on any atom is -1.00 e. The van der Waals surface area contributed by atoms with Gasteiger partial charge in [-0.05, 0) is 6.07 Å². The van der Waals surface area contributed by atoms with Crippen molar-refractivity contribution in [3.63, 3.8) is 0 Å². The van der Waals surface area contributed by atoms with E-state index in [0.717, 1.165) is 6.54 Å². The van der Waals surface area contributed by atoms with E-state index in [4.69, 9.17) is 0 Å². The van der Waals surface area contributed by atoms with E-state index < -0.39 is 0 Å². The fourth-order valence-corrected chi connectivity index (χ4v) is 2.40. The quantitative estimate of drug-likeness (QED) is 0.650. The van der Waals surface area contributed by atoms with Gasteiger partial charge in [0.15, 0.2) is 0 Å². The van der Waals surface area contributed by atoms with Crippen LogP contribution in [-0.4, -0.2) is 0 Å². The zero-order valence-corrected chi connectivity index (χ0v) is 9.81. The molecule has 0 radical (unpaired) electrons. The lowest BCUT2D eigenvalue weighted by Crippen LogP contribution is -3.00. The molecule has 14 heavy (non-hydrogen) atoms. The number of nitrogens with zero attached hydrogens (tertiary/aromatic N) is 1. The summed E-state index contributed by atoms with van der Waals surface area (Å²) in [6.45, 7) is 3.38. The molecule has 2 aromatic rings. The number of rotatable bonds is 3. The Morgan fingerprint density at radius 1 is 1.29 bits per heavy atom. The van der Waals surface area contributed by atoms with E-state index in [2.05, 4.69) is 41.3 Å². The van der Waals surface area contributed by atoms with Crippen molar-refractivity contribution < 1.29 is 17.0 Å². The van der Waals surface area contributed by atoms with E-state index in [-0.39, 0.29) is 12.4 Å². The second-order valence-corrected chi connectivity index (χ2v) is 4.12. The predicted octanol–water partition coefficient (Wildman–Crippen LogP) is -0.00710. The van der Waals surface area contributed by atoms with Gasteiger partial charge in [0.05, 0.1) is 0 Å². The Hall–Kier alpha value is -0.600. The van der Waals surface area contributed by atoms with Crippen LogP contribution in [0.3, 0.4) is 0 Å². The first-order valence-corrected chi connectivity index (χ1v) is 5.65. The summed E-state index contributed by atoms with van der Waals surface area (Å²) in [5, 5.41) is 0. The van der Waals surface area contributed by atoms with Crippen LogP contribution in [0.15, 0.2) is 29.8 Å². The summed E-state index contributed by atoms with van der Waals surface area (Å²) in [7, 11) is 0. The lowest BCUT2D eigenvalue weighted by Gasteiger charge is -1.91. The van der Waals surface area contributed by atoms with E-state index in [1.165, 1.54) is 23.1 Å². The van der Waals surface area contributed by atoms with Crippen LogP contribution in [-0.2, 0) is 6.54 Å². The highest BCUT2D eigenvalue weighted by Crippen LogP contribution is 2.14. The van der Waals surface area contributed by atoms with E-state index >= 15 is 0 Å². The average Bonchev–Trinajstić information content (AvgIpc) is 2.58. The van der Waals surface area contributed by atoms with Gasteiger partial charge in [0.1, 0.15) is 11.2 Å². The Morgan fingerprint density at radius 3 is 2.86 bits per heavy atom. The SMILES string of the molecule is CCCC[n+]1csc2ccccc21.[Cl-]. The van der Waals surface area contributed by atoms with Gasteiger partial charge < -0.3 is 12.4 Å². The molecule has 0 unspecified atom stereocenters. The van der Waals surface area contributed by atoms with Crippen LogP contribution in [0.5, 0.6) is 0 Å². The zero-order chi connectivity index (χ0) is 9.10. The molecule has 0 saturated heterocycles. The number of halogens is 1. The first kappa shape index (κ1) is 11.5. The largest absolute Gasteiger partial charge is 1.00 e. The summed E-state index contributed by atoms with van der Waals surface area (Å²) >= 11 is 1.83. The molecule has 3 heteroatoms. The number of benzene rings is 1. The van der Waals surface area contributed by atoms with Crippen molar-refractivity contribution in [2.75, 3.05) is 0 Å². The lowest BCUT2D eigenvalue weighted by atomic mass is 10.3. The normalized spacial score (nSPS) is 10.1. The van der Waals surface area contributed by atoms with Crippen molar-refractivity contribution in [3.8, 4) is 0 Å². The number of hydrogen-bond donors (Lipinski definition) is 0. The topological polar surface area (TPSA) is 3.88 Å². The van der Waals surface area contributed by atoms with Gasteiger partial charge in [0, 0.05) is 12.5 Å². The maximum absolute atomic E-state index is 2.35. The van der Waals surface area contributed by atoms with Crippen LogP contribution >= 0.6 is 11.3 Å². The van der Waals surface area contributed by atoms with Crippen molar-refractivity contribution >= 4 is 21.6 Å². The van der Waals surface area contributed by atoms with Crippen LogP contribution in [0, 0.1) is 0 Å².